The van der Waals surface area contributed by atoms with Crippen LogP contribution in [-0.2, 0) is 6.42 Å². The molecular formula is C14H19N3O. The molecule has 4 nitrogen and oxygen atoms in total. The van der Waals surface area contributed by atoms with Crippen LogP contribution >= 0.6 is 0 Å². The summed E-state index contributed by atoms with van der Waals surface area (Å²) in [6, 6.07) is 7.72. The fourth-order valence-corrected chi connectivity index (χ4v) is 2.01. The maximum Gasteiger partial charge on any atom is 0.115 e. The van der Waals surface area contributed by atoms with E-state index in [9.17, 15) is 5.11 Å². The van der Waals surface area contributed by atoms with Crippen LogP contribution in [0.3, 0.4) is 0 Å². The number of aromatic hydroxyl groups is 1. The summed E-state index contributed by atoms with van der Waals surface area (Å²) in [5.74, 6) is 0.311. The minimum atomic E-state index is 0.311. The average Bonchev–Trinajstić information content (AvgIpc) is 2.89. The first-order chi connectivity index (χ1) is 8.79. The molecule has 2 rings (SSSR count). The van der Waals surface area contributed by atoms with Crippen LogP contribution in [0.4, 0.5) is 0 Å². The maximum atomic E-state index is 9.28. The molecule has 0 aliphatic rings. The molecule has 1 unspecified atom stereocenters. The zero-order chi connectivity index (χ0) is 12.8. The second-order valence-electron chi connectivity index (χ2n) is 4.33. The molecule has 0 bridgehead atoms. The van der Waals surface area contributed by atoms with Gasteiger partial charge in [0, 0.05) is 30.9 Å². The standard InChI is InChI=1S/C14H19N3O/c1-2-14(11-3-5-13(18)6-4-11)16-8-7-12-9-15-10-17-12/h3-6,9-10,14,16,18H,2,7-8H2,1H3,(H,15,17). The third-order valence-corrected chi connectivity index (χ3v) is 3.04. The second kappa shape index (κ2) is 6.21. The Balaban J connectivity index is 1.87. The van der Waals surface area contributed by atoms with E-state index in [1.807, 2.05) is 18.3 Å². The van der Waals surface area contributed by atoms with E-state index in [-0.39, 0.29) is 0 Å². The van der Waals surface area contributed by atoms with Crippen molar-refractivity contribution in [2.24, 2.45) is 0 Å². The number of phenols is 1. The van der Waals surface area contributed by atoms with Gasteiger partial charge < -0.3 is 15.4 Å². The largest absolute Gasteiger partial charge is 0.508 e. The lowest BCUT2D eigenvalue weighted by atomic mass is 10.0. The number of hydrogen-bond acceptors (Lipinski definition) is 3. The first-order valence-corrected chi connectivity index (χ1v) is 6.29. The number of H-pyrrole nitrogens is 1. The Morgan fingerprint density at radius 1 is 1.33 bits per heavy atom. The molecule has 0 fully saturated rings. The molecule has 1 aromatic carbocycles. The van der Waals surface area contributed by atoms with E-state index in [0.29, 0.717) is 11.8 Å². The zero-order valence-electron chi connectivity index (χ0n) is 10.6. The van der Waals surface area contributed by atoms with Crippen LogP contribution in [0, 0.1) is 0 Å². The Kier molecular flexibility index (Phi) is 4.36. The molecular weight excluding hydrogens is 226 g/mol. The van der Waals surface area contributed by atoms with Crippen molar-refractivity contribution in [1.82, 2.24) is 15.3 Å². The number of benzene rings is 1. The lowest BCUT2D eigenvalue weighted by Crippen LogP contribution is -2.23. The first-order valence-electron chi connectivity index (χ1n) is 6.29. The molecule has 1 atom stereocenters. The highest BCUT2D eigenvalue weighted by Crippen LogP contribution is 2.19. The van der Waals surface area contributed by atoms with E-state index < -0.39 is 0 Å². The maximum absolute atomic E-state index is 9.28. The number of imidazole rings is 1. The van der Waals surface area contributed by atoms with Crippen LogP contribution in [0.1, 0.15) is 30.6 Å². The number of aromatic amines is 1. The summed E-state index contributed by atoms with van der Waals surface area (Å²) < 4.78 is 0. The summed E-state index contributed by atoms with van der Waals surface area (Å²) in [4.78, 5) is 7.09. The summed E-state index contributed by atoms with van der Waals surface area (Å²) in [5, 5.41) is 12.8. The number of rotatable bonds is 6. The molecule has 0 radical (unpaired) electrons. The molecule has 2 aromatic rings. The van der Waals surface area contributed by atoms with Gasteiger partial charge in [-0.2, -0.15) is 0 Å². The summed E-state index contributed by atoms with van der Waals surface area (Å²) in [6.07, 6.45) is 5.51. The Hall–Kier alpha value is -1.81. The SMILES string of the molecule is CCC(NCCc1cnc[nH]1)c1ccc(O)cc1. The molecule has 0 saturated heterocycles. The van der Waals surface area contributed by atoms with Crippen LogP contribution in [0.2, 0.25) is 0 Å². The van der Waals surface area contributed by atoms with Crippen molar-refractivity contribution >= 4 is 0 Å². The first kappa shape index (κ1) is 12.6. The molecule has 96 valence electrons. The van der Waals surface area contributed by atoms with Gasteiger partial charge in [-0.25, -0.2) is 4.98 Å². The Morgan fingerprint density at radius 2 is 2.11 bits per heavy atom. The third-order valence-electron chi connectivity index (χ3n) is 3.04. The zero-order valence-corrected chi connectivity index (χ0v) is 10.6. The van der Waals surface area contributed by atoms with Gasteiger partial charge in [-0.05, 0) is 24.1 Å². The lowest BCUT2D eigenvalue weighted by Gasteiger charge is -2.17. The number of nitrogens with zero attached hydrogens (tertiary/aromatic N) is 1. The summed E-state index contributed by atoms with van der Waals surface area (Å²) in [7, 11) is 0. The molecule has 0 amide bonds. The summed E-state index contributed by atoms with van der Waals surface area (Å²) in [5.41, 5.74) is 2.35. The van der Waals surface area contributed by atoms with E-state index in [1.54, 1.807) is 18.5 Å². The van der Waals surface area contributed by atoms with Gasteiger partial charge in [0.1, 0.15) is 5.75 Å². The highest BCUT2D eigenvalue weighted by Gasteiger charge is 2.08. The van der Waals surface area contributed by atoms with Gasteiger partial charge in [0.2, 0.25) is 0 Å². The minimum absolute atomic E-state index is 0.311. The Bertz CT molecular complexity index is 450. The number of nitrogens with one attached hydrogen (secondary N) is 2. The topological polar surface area (TPSA) is 60.9 Å². The predicted octanol–water partition coefficient (Wildman–Crippen LogP) is 2.40. The Labute approximate surface area is 107 Å². The van der Waals surface area contributed by atoms with E-state index in [1.165, 1.54) is 5.56 Å². The van der Waals surface area contributed by atoms with Crippen molar-refractivity contribution in [2.45, 2.75) is 25.8 Å². The van der Waals surface area contributed by atoms with Crippen LogP contribution in [0.25, 0.3) is 0 Å². The predicted molar refractivity (Wildman–Crippen MR) is 71.4 cm³/mol. The van der Waals surface area contributed by atoms with Crippen LogP contribution in [0.5, 0.6) is 5.75 Å². The lowest BCUT2D eigenvalue weighted by molar-refractivity contribution is 0.473. The van der Waals surface area contributed by atoms with E-state index in [4.69, 9.17) is 0 Å². The van der Waals surface area contributed by atoms with Crippen molar-refractivity contribution in [3.8, 4) is 5.75 Å². The van der Waals surface area contributed by atoms with Gasteiger partial charge in [-0.1, -0.05) is 19.1 Å². The molecule has 1 aromatic heterocycles. The third kappa shape index (κ3) is 3.34. The molecule has 3 N–H and O–H groups in total. The summed E-state index contributed by atoms with van der Waals surface area (Å²) >= 11 is 0. The number of hydrogen-bond donors (Lipinski definition) is 3. The van der Waals surface area contributed by atoms with Gasteiger partial charge in [-0.3, -0.25) is 0 Å². The second-order valence-corrected chi connectivity index (χ2v) is 4.33. The normalized spacial score (nSPS) is 12.5. The molecule has 0 spiro atoms. The smallest absolute Gasteiger partial charge is 0.115 e. The monoisotopic (exact) mass is 245 g/mol. The van der Waals surface area contributed by atoms with Gasteiger partial charge >= 0.3 is 0 Å². The highest BCUT2D eigenvalue weighted by molar-refractivity contribution is 5.27. The van der Waals surface area contributed by atoms with Crippen LogP contribution in [-0.4, -0.2) is 21.6 Å². The van der Waals surface area contributed by atoms with Crippen LogP contribution < -0.4 is 5.32 Å². The van der Waals surface area contributed by atoms with Gasteiger partial charge in [0.05, 0.1) is 6.33 Å². The van der Waals surface area contributed by atoms with Crippen molar-refractivity contribution in [3.63, 3.8) is 0 Å². The number of aromatic nitrogens is 2. The Morgan fingerprint density at radius 3 is 2.72 bits per heavy atom. The number of phenolic OH excluding ortho intramolecular Hbond substituents is 1. The van der Waals surface area contributed by atoms with Crippen molar-refractivity contribution < 1.29 is 5.11 Å². The average molecular weight is 245 g/mol. The molecule has 0 saturated carbocycles. The van der Waals surface area contributed by atoms with E-state index in [2.05, 4.69) is 22.2 Å². The molecule has 0 aliphatic carbocycles. The molecule has 0 aliphatic heterocycles. The van der Waals surface area contributed by atoms with Crippen LogP contribution in [0.15, 0.2) is 36.8 Å². The van der Waals surface area contributed by atoms with Gasteiger partial charge in [0.15, 0.2) is 0 Å². The van der Waals surface area contributed by atoms with E-state index >= 15 is 0 Å². The molecule has 1 heterocycles. The van der Waals surface area contributed by atoms with Gasteiger partial charge in [0.25, 0.3) is 0 Å². The fraction of sp³-hybridized carbons (Fsp3) is 0.357. The minimum Gasteiger partial charge on any atom is -0.508 e. The van der Waals surface area contributed by atoms with Crippen molar-refractivity contribution in [1.29, 1.82) is 0 Å². The van der Waals surface area contributed by atoms with Gasteiger partial charge in [-0.15, -0.1) is 0 Å². The van der Waals surface area contributed by atoms with Crippen molar-refractivity contribution in [3.05, 3.63) is 48.0 Å². The molecule has 4 heteroatoms. The van der Waals surface area contributed by atoms with E-state index in [0.717, 1.165) is 25.1 Å². The quantitative estimate of drug-likeness (QED) is 0.732. The fourth-order valence-electron chi connectivity index (χ4n) is 2.01. The molecule has 18 heavy (non-hydrogen) atoms. The van der Waals surface area contributed by atoms with Crippen molar-refractivity contribution in [2.75, 3.05) is 6.54 Å². The summed E-state index contributed by atoms with van der Waals surface area (Å²) in [6.45, 7) is 3.06. The highest BCUT2D eigenvalue weighted by atomic mass is 16.3.